The molecular formula is C16H22N4O3S2. The van der Waals surface area contributed by atoms with E-state index in [-0.39, 0.29) is 17.6 Å². The molecule has 9 heteroatoms. The third-order valence-corrected chi connectivity index (χ3v) is 5.78. The van der Waals surface area contributed by atoms with E-state index in [4.69, 9.17) is 4.74 Å². The van der Waals surface area contributed by atoms with Crippen molar-refractivity contribution in [1.29, 1.82) is 0 Å². The molecule has 0 aliphatic rings. The summed E-state index contributed by atoms with van der Waals surface area (Å²) in [7, 11) is 3.19. The van der Waals surface area contributed by atoms with E-state index in [0.717, 1.165) is 17.1 Å². The number of nitrogens with one attached hydrogen (secondary N) is 1. The minimum Gasteiger partial charge on any atom is -0.467 e. The Balaban J connectivity index is 1.97. The molecule has 1 amide bonds. The number of amides is 1. The predicted molar refractivity (Wildman–Crippen MR) is 98.4 cm³/mol. The lowest BCUT2D eigenvalue weighted by Crippen LogP contribution is -2.46. The molecule has 2 rings (SSSR count). The zero-order valence-corrected chi connectivity index (χ0v) is 16.3. The molecule has 2 atom stereocenters. The first kappa shape index (κ1) is 19.5. The SMILES string of the molecule is CCC(C)C(NC(=O)CSc1nnc(-c2cccs2)n1C)C(=O)OC. The Morgan fingerprint density at radius 2 is 2.20 bits per heavy atom. The van der Waals surface area contributed by atoms with E-state index in [9.17, 15) is 9.59 Å². The number of carbonyl (C=O) groups excluding carboxylic acids is 2. The fourth-order valence-corrected chi connectivity index (χ4v) is 3.67. The van der Waals surface area contributed by atoms with Crippen molar-refractivity contribution in [2.75, 3.05) is 12.9 Å². The summed E-state index contributed by atoms with van der Waals surface area (Å²) in [6, 6.07) is 3.30. The molecule has 0 aromatic carbocycles. The third kappa shape index (κ3) is 4.82. The summed E-state index contributed by atoms with van der Waals surface area (Å²) >= 11 is 2.87. The molecule has 0 saturated heterocycles. The molecule has 0 saturated carbocycles. The average Bonchev–Trinajstić information content (AvgIpc) is 3.26. The molecule has 7 nitrogen and oxygen atoms in total. The van der Waals surface area contributed by atoms with Crippen molar-refractivity contribution in [3.05, 3.63) is 17.5 Å². The minimum atomic E-state index is -0.635. The van der Waals surface area contributed by atoms with Crippen molar-refractivity contribution in [1.82, 2.24) is 20.1 Å². The summed E-state index contributed by atoms with van der Waals surface area (Å²) in [5, 5.41) is 13.7. The number of methoxy groups -OCH3 is 1. The fraction of sp³-hybridized carbons (Fsp3) is 0.500. The number of thiophene rings is 1. The number of ether oxygens (including phenoxy) is 1. The van der Waals surface area contributed by atoms with Crippen LogP contribution in [0.15, 0.2) is 22.7 Å². The molecule has 2 heterocycles. The fourth-order valence-electron chi connectivity index (χ4n) is 2.20. The Morgan fingerprint density at radius 3 is 2.80 bits per heavy atom. The van der Waals surface area contributed by atoms with Crippen LogP contribution in [0.2, 0.25) is 0 Å². The number of rotatable bonds is 8. The van der Waals surface area contributed by atoms with Gasteiger partial charge in [-0.05, 0) is 17.4 Å². The number of carbonyl (C=O) groups is 2. The Hall–Kier alpha value is -1.87. The molecule has 0 radical (unpaired) electrons. The first-order valence-electron chi connectivity index (χ1n) is 7.91. The van der Waals surface area contributed by atoms with Crippen molar-refractivity contribution in [2.24, 2.45) is 13.0 Å². The number of hydrogen-bond donors (Lipinski definition) is 1. The topological polar surface area (TPSA) is 86.1 Å². The summed E-state index contributed by atoms with van der Waals surface area (Å²) in [5.74, 6) is 0.264. The standard InChI is InChI=1S/C16H22N4O3S2/c1-5-10(2)13(15(22)23-4)17-12(21)9-25-16-19-18-14(20(16)3)11-7-6-8-24-11/h6-8,10,13H,5,9H2,1-4H3,(H,17,21). The van der Waals surface area contributed by atoms with Crippen molar-refractivity contribution >= 4 is 35.0 Å². The van der Waals surface area contributed by atoms with E-state index < -0.39 is 12.0 Å². The number of esters is 1. The van der Waals surface area contributed by atoms with Gasteiger partial charge in [-0.3, -0.25) is 4.79 Å². The zero-order chi connectivity index (χ0) is 18.4. The Labute approximate surface area is 155 Å². The maximum Gasteiger partial charge on any atom is 0.328 e. The van der Waals surface area contributed by atoms with Crippen LogP contribution in [0.5, 0.6) is 0 Å². The molecule has 25 heavy (non-hydrogen) atoms. The summed E-state index contributed by atoms with van der Waals surface area (Å²) in [6.45, 7) is 3.87. The maximum absolute atomic E-state index is 12.2. The van der Waals surface area contributed by atoms with Gasteiger partial charge in [0.1, 0.15) is 6.04 Å². The molecule has 2 aromatic heterocycles. The number of aromatic nitrogens is 3. The average molecular weight is 383 g/mol. The third-order valence-electron chi connectivity index (χ3n) is 3.89. The molecule has 0 fully saturated rings. The summed E-state index contributed by atoms with van der Waals surface area (Å²) in [6.07, 6.45) is 0.765. The normalized spacial score (nSPS) is 13.3. The Kier molecular flexibility index (Phi) is 7.01. The minimum absolute atomic E-state index is 0.00154. The quantitative estimate of drug-likeness (QED) is 0.557. The molecule has 0 bridgehead atoms. The lowest BCUT2D eigenvalue weighted by atomic mass is 9.99. The van der Waals surface area contributed by atoms with Crippen molar-refractivity contribution in [3.63, 3.8) is 0 Å². The molecule has 2 unspecified atom stereocenters. The molecule has 136 valence electrons. The van der Waals surface area contributed by atoms with Crippen molar-refractivity contribution < 1.29 is 14.3 Å². The van der Waals surface area contributed by atoms with Gasteiger partial charge in [0, 0.05) is 7.05 Å². The van der Waals surface area contributed by atoms with Gasteiger partial charge in [-0.15, -0.1) is 21.5 Å². The molecular weight excluding hydrogens is 360 g/mol. The van der Waals surface area contributed by atoms with Gasteiger partial charge in [0.15, 0.2) is 11.0 Å². The van der Waals surface area contributed by atoms with E-state index in [1.165, 1.54) is 18.9 Å². The van der Waals surface area contributed by atoms with Gasteiger partial charge >= 0.3 is 5.97 Å². The first-order valence-corrected chi connectivity index (χ1v) is 9.77. The van der Waals surface area contributed by atoms with Crippen LogP contribution >= 0.6 is 23.1 Å². The van der Waals surface area contributed by atoms with Gasteiger partial charge in [-0.2, -0.15) is 0 Å². The van der Waals surface area contributed by atoms with E-state index in [1.54, 1.807) is 11.3 Å². The highest BCUT2D eigenvalue weighted by atomic mass is 32.2. The van der Waals surface area contributed by atoms with Crippen LogP contribution in [0.25, 0.3) is 10.7 Å². The van der Waals surface area contributed by atoms with Gasteiger partial charge in [-0.25, -0.2) is 4.79 Å². The van der Waals surface area contributed by atoms with Gasteiger partial charge < -0.3 is 14.6 Å². The largest absolute Gasteiger partial charge is 0.467 e. The van der Waals surface area contributed by atoms with Gasteiger partial charge in [0.05, 0.1) is 17.7 Å². The van der Waals surface area contributed by atoms with Crippen LogP contribution in [-0.4, -0.2) is 45.5 Å². The van der Waals surface area contributed by atoms with Gasteiger partial charge in [-0.1, -0.05) is 38.1 Å². The molecule has 2 aromatic rings. The Bertz CT molecular complexity index is 715. The van der Waals surface area contributed by atoms with Crippen LogP contribution in [0.1, 0.15) is 20.3 Å². The van der Waals surface area contributed by atoms with Crippen LogP contribution in [0, 0.1) is 5.92 Å². The number of nitrogens with zero attached hydrogens (tertiary/aromatic N) is 3. The predicted octanol–water partition coefficient (Wildman–Crippen LogP) is 2.34. The summed E-state index contributed by atoms with van der Waals surface area (Å²) in [5.41, 5.74) is 0. The van der Waals surface area contributed by atoms with Crippen LogP contribution in [0.4, 0.5) is 0 Å². The van der Waals surface area contributed by atoms with Crippen LogP contribution in [0.3, 0.4) is 0 Å². The second-order valence-corrected chi connectivity index (χ2v) is 7.48. The maximum atomic E-state index is 12.2. The number of hydrogen-bond acceptors (Lipinski definition) is 7. The van der Waals surface area contributed by atoms with E-state index in [0.29, 0.717) is 5.16 Å². The summed E-state index contributed by atoms with van der Waals surface area (Å²) < 4.78 is 6.63. The lowest BCUT2D eigenvalue weighted by molar-refractivity contribution is -0.146. The van der Waals surface area contributed by atoms with Crippen molar-refractivity contribution in [2.45, 2.75) is 31.5 Å². The number of thioether (sulfide) groups is 1. The summed E-state index contributed by atoms with van der Waals surface area (Å²) in [4.78, 5) is 25.1. The van der Waals surface area contributed by atoms with E-state index in [1.807, 2.05) is 43.0 Å². The van der Waals surface area contributed by atoms with Gasteiger partial charge in [0.25, 0.3) is 0 Å². The van der Waals surface area contributed by atoms with Crippen molar-refractivity contribution in [3.8, 4) is 10.7 Å². The highest BCUT2D eigenvalue weighted by Crippen LogP contribution is 2.25. The molecule has 0 aliphatic heterocycles. The zero-order valence-electron chi connectivity index (χ0n) is 14.7. The second-order valence-electron chi connectivity index (χ2n) is 5.59. The van der Waals surface area contributed by atoms with Crippen LogP contribution in [-0.2, 0) is 21.4 Å². The van der Waals surface area contributed by atoms with E-state index >= 15 is 0 Å². The highest BCUT2D eigenvalue weighted by molar-refractivity contribution is 7.99. The molecule has 0 spiro atoms. The molecule has 0 aliphatic carbocycles. The lowest BCUT2D eigenvalue weighted by Gasteiger charge is -2.21. The smallest absolute Gasteiger partial charge is 0.328 e. The first-order chi connectivity index (χ1) is 12.0. The molecule has 1 N–H and O–H groups in total. The van der Waals surface area contributed by atoms with Crippen LogP contribution < -0.4 is 5.32 Å². The van der Waals surface area contributed by atoms with Gasteiger partial charge in [0.2, 0.25) is 5.91 Å². The van der Waals surface area contributed by atoms with E-state index in [2.05, 4.69) is 15.5 Å². The monoisotopic (exact) mass is 382 g/mol. The highest BCUT2D eigenvalue weighted by Gasteiger charge is 2.26. The second kappa shape index (κ2) is 9.00. The Morgan fingerprint density at radius 1 is 1.44 bits per heavy atom.